The second-order valence-electron chi connectivity index (χ2n) is 6.59. The van der Waals surface area contributed by atoms with Crippen LogP contribution in [0.5, 0.6) is 0 Å². The molecule has 26 heavy (non-hydrogen) atoms. The fourth-order valence-electron chi connectivity index (χ4n) is 2.97. The summed E-state index contributed by atoms with van der Waals surface area (Å²) in [5.41, 5.74) is 3.72. The Balaban J connectivity index is 2.19. The van der Waals surface area contributed by atoms with Crippen molar-refractivity contribution >= 4 is 17.5 Å². The Kier molecular flexibility index (Phi) is 6.89. The predicted octanol–water partition coefficient (Wildman–Crippen LogP) is 4.21. The summed E-state index contributed by atoms with van der Waals surface area (Å²) in [6, 6.07) is 7.49. The first kappa shape index (κ1) is 19.6. The third-order valence-corrected chi connectivity index (χ3v) is 4.00. The van der Waals surface area contributed by atoms with Gasteiger partial charge in [-0.25, -0.2) is 0 Å². The zero-order valence-corrected chi connectivity index (χ0v) is 16.0. The van der Waals surface area contributed by atoms with Gasteiger partial charge in [-0.15, -0.1) is 0 Å². The third kappa shape index (κ3) is 5.15. The molecule has 1 N–H and O–H groups in total. The van der Waals surface area contributed by atoms with E-state index in [4.69, 9.17) is 0 Å². The van der Waals surface area contributed by atoms with Crippen molar-refractivity contribution in [3.63, 3.8) is 0 Å². The van der Waals surface area contributed by atoms with Crippen molar-refractivity contribution in [3.05, 3.63) is 58.9 Å². The van der Waals surface area contributed by atoms with Crippen molar-refractivity contribution in [2.75, 3.05) is 18.4 Å². The van der Waals surface area contributed by atoms with Gasteiger partial charge in [-0.1, -0.05) is 19.9 Å². The van der Waals surface area contributed by atoms with Gasteiger partial charge in [-0.05, 0) is 56.0 Å². The van der Waals surface area contributed by atoms with Crippen molar-refractivity contribution in [2.45, 2.75) is 40.5 Å². The van der Waals surface area contributed by atoms with Gasteiger partial charge < -0.3 is 10.2 Å². The molecule has 0 fully saturated rings. The minimum atomic E-state index is -0.269. The van der Waals surface area contributed by atoms with Gasteiger partial charge in [0, 0.05) is 31.2 Å². The molecule has 5 nitrogen and oxygen atoms in total. The van der Waals surface area contributed by atoms with Crippen LogP contribution in [0.1, 0.15) is 58.5 Å². The lowest BCUT2D eigenvalue weighted by atomic mass is 10.1. The maximum atomic E-state index is 12.7. The van der Waals surface area contributed by atoms with E-state index < -0.39 is 0 Å². The van der Waals surface area contributed by atoms with Crippen LogP contribution >= 0.6 is 0 Å². The Morgan fingerprint density at radius 2 is 1.50 bits per heavy atom. The molecule has 0 radical (unpaired) electrons. The molecule has 1 aromatic heterocycles. The average Bonchev–Trinajstić information content (AvgIpc) is 2.60. The number of aromatic nitrogens is 1. The van der Waals surface area contributed by atoms with E-state index in [1.165, 1.54) is 12.4 Å². The molecule has 2 amide bonds. The molecular formula is C21H27N3O2. The normalized spacial score (nSPS) is 10.5. The Morgan fingerprint density at radius 3 is 2.08 bits per heavy atom. The van der Waals surface area contributed by atoms with Crippen molar-refractivity contribution in [1.82, 2.24) is 9.88 Å². The first-order chi connectivity index (χ1) is 12.4. The largest absolute Gasteiger partial charge is 0.339 e. The SMILES string of the molecule is CCCN(CCC)C(=O)c1cncc(C(=O)Nc2cc(C)cc(C)c2)c1. The number of carbonyl (C=O) groups excluding carboxylic acids is 2. The minimum Gasteiger partial charge on any atom is -0.339 e. The molecule has 0 bridgehead atoms. The maximum absolute atomic E-state index is 12.7. The van der Waals surface area contributed by atoms with E-state index in [-0.39, 0.29) is 11.8 Å². The highest BCUT2D eigenvalue weighted by atomic mass is 16.2. The molecule has 5 heteroatoms. The lowest BCUT2D eigenvalue weighted by molar-refractivity contribution is 0.0755. The van der Waals surface area contributed by atoms with Crippen molar-refractivity contribution in [1.29, 1.82) is 0 Å². The topological polar surface area (TPSA) is 62.3 Å². The fraction of sp³-hybridized carbons (Fsp3) is 0.381. The van der Waals surface area contributed by atoms with Crippen LogP contribution in [-0.2, 0) is 0 Å². The summed E-state index contributed by atoms with van der Waals surface area (Å²) in [6.07, 6.45) is 4.80. The van der Waals surface area contributed by atoms with Crippen LogP contribution in [0.3, 0.4) is 0 Å². The monoisotopic (exact) mass is 353 g/mol. The number of nitrogens with one attached hydrogen (secondary N) is 1. The van der Waals surface area contributed by atoms with E-state index in [1.54, 1.807) is 6.07 Å². The summed E-state index contributed by atoms with van der Waals surface area (Å²) in [5.74, 6) is -0.350. The fourth-order valence-corrected chi connectivity index (χ4v) is 2.97. The Hall–Kier alpha value is -2.69. The predicted molar refractivity (Wildman–Crippen MR) is 105 cm³/mol. The minimum absolute atomic E-state index is 0.0812. The highest BCUT2D eigenvalue weighted by Gasteiger charge is 2.17. The molecule has 0 spiro atoms. The number of amides is 2. The lowest BCUT2D eigenvalue weighted by Crippen LogP contribution is -2.32. The molecule has 0 atom stereocenters. The van der Waals surface area contributed by atoms with Crippen LogP contribution in [0.2, 0.25) is 0 Å². The summed E-state index contributed by atoms with van der Waals surface area (Å²) in [6.45, 7) is 9.46. The second-order valence-corrected chi connectivity index (χ2v) is 6.59. The summed E-state index contributed by atoms with van der Waals surface area (Å²) >= 11 is 0. The number of anilines is 1. The van der Waals surface area contributed by atoms with Crippen LogP contribution in [0.4, 0.5) is 5.69 Å². The molecule has 0 aliphatic heterocycles. The van der Waals surface area contributed by atoms with E-state index in [2.05, 4.69) is 10.3 Å². The van der Waals surface area contributed by atoms with Gasteiger partial charge in [0.2, 0.25) is 0 Å². The molecule has 0 unspecified atom stereocenters. The van der Waals surface area contributed by atoms with E-state index >= 15 is 0 Å². The van der Waals surface area contributed by atoms with Gasteiger partial charge in [0.25, 0.3) is 11.8 Å². The van der Waals surface area contributed by atoms with Crippen LogP contribution in [0, 0.1) is 13.8 Å². The first-order valence-electron chi connectivity index (χ1n) is 9.08. The third-order valence-electron chi connectivity index (χ3n) is 4.00. The van der Waals surface area contributed by atoms with Crippen molar-refractivity contribution in [3.8, 4) is 0 Å². The molecule has 2 aromatic rings. The number of rotatable bonds is 7. The number of pyridine rings is 1. The molecule has 0 saturated heterocycles. The van der Waals surface area contributed by atoms with Gasteiger partial charge in [-0.2, -0.15) is 0 Å². The van der Waals surface area contributed by atoms with Crippen LogP contribution in [0.25, 0.3) is 0 Å². The summed E-state index contributed by atoms with van der Waals surface area (Å²) < 4.78 is 0. The van der Waals surface area contributed by atoms with Gasteiger partial charge >= 0.3 is 0 Å². The molecule has 1 heterocycles. The second kappa shape index (κ2) is 9.13. The number of nitrogens with zero attached hydrogens (tertiary/aromatic N) is 2. The first-order valence-corrected chi connectivity index (χ1v) is 9.08. The molecule has 1 aromatic carbocycles. The van der Waals surface area contributed by atoms with E-state index in [9.17, 15) is 9.59 Å². The molecule has 0 aliphatic carbocycles. The highest BCUT2D eigenvalue weighted by molar-refractivity contribution is 6.05. The summed E-state index contributed by atoms with van der Waals surface area (Å²) in [4.78, 5) is 31.2. The van der Waals surface area contributed by atoms with Crippen molar-refractivity contribution < 1.29 is 9.59 Å². The van der Waals surface area contributed by atoms with Gasteiger partial charge in [0.05, 0.1) is 11.1 Å². The van der Waals surface area contributed by atoms with Gasteiger partial charge in [0.1, 0.15) is 0 Å². The molecule has 138 valence electrons. The maximum Gasteiger partial charge on any atom is 0.257 e. The number of aryl methyl sites for hydroxylation is 2. The lowest BCUT2D eigenvalue weighted by Gasteiger charge is -2.21. The van der Waals surface area contributed by atoms with E-state index in [0.717, 1.165) is 29.7 Å². The zero-order chi connectivity index (χ0) is 19.1. The highest BCUT2D eigenvalue weighted by Crippen LogP contribution is 2.15. The van der Waals surface area contributed by atoms with Crippen LogP contribution in [0.15, 0.2) is 36.7 Å². The summed E-state index contributed by atoms with van der Waals surface area (Å²) in [7, 11) is 0. The molecule has 0 aliphatic rings. The number of hydrogen-bond acceptors (Lipinski definition) is 3. The standard InChI is InChI=1S/C21H27N3O2/c1-5-7-24(8-6-2)21(26)18-12-17(13-22-14-18)20(25)23-19-10-15(3)9-16(4)11-19/h9-14H,5-8H2,1-4H3,(H,23,25). The quantitative estimate of drug-likeness (QED) is 0.811. The number of carbonyl (C=O) groups is 2. The molecule has 2 rings (SSSR count). The average molecular weight is 353 g/mol. The number of hydrogen-bond donors (Lipinski definition) is 1. The van der Waals surface area contributed by atoms with E-state index in [0.29, 0.717) is 24.2 Å². The zero-order valence-electron chi connectivity index (χ0n) is 16.0. The van der Waals surface area contributed by atoms with Crippen LogP contribution < -0.4 is 5.32 Å². The summed E-state index contributed by atoms with van der Waals surface area (Å²) in [5, 5.41) is 2.88. The van der Waals surface area contributed by atoms with Crippen LogP contribution in [-0.4, -0.2) is 34.8 Å². The molecule has 0 saturated carbocycles. The van der Waals surface area contributed by atoms with Crippen molar-refractivity contribution in [2.24, 2.45) is 0 Å². The molecular weight excluding hydrogens is 326 g/mol. The Labute approximate surface area is 155 Å². The Bertz CT molecular complexity index is 760. The smallest absolute Gasteiger partial charge is 0.257 e. The van der Waals surface area contributed by atoms with E-state index in [1.807, 2.05) is 50.8 Å². The van der Waals surface area contributed by atoms with Gasteiger partial charge in [-0.3, -0.25) is 14.6 Å². The van der Waals surface area contributed by atoms with Gasteiger partial charge in [0.15, 0.2) is 0 Å². The Morgan fingerprint density at radius 1 is 0.923 bits per heavy atom. The number of benzene rings is 1.